The third-order valence-corrected chi connectivity index (χ3v) is 6.88. The van der Waals surface area contributed by atoms with Crippen molar-refractivity contribution < 1.29 is 0 Å². The van der Waals surface area contributed by atoms with Crippen LogP contribution in [0.2, 0.25) is 0 Å². The van der Waals surface area contributed by atoms with Crippen molar-refractivity contribution in [3.05, 3.63) is 0 Å². The topological polar surface area (TPSA) is 13.0 Å². The Morgan fingerprint density at radius 3 is 1.80 bits per heavy atom. The SMILES string of the molecule is CC(C)CCCN1CCC(N2CCC(N3CCN(C)CC3)CC2)CC1. The monoisotopic (exact) mass is 350 g/mol. The second-order valence-electron chi connectivity index (χ2n) is 9.22. The van der Waals surface area contributed by atoms with Crippen LogP contribution in [0.1, 0.15) is 52.4 Å². The summed E-state index contributed by atoms with van der Waals surface area (Å²) in [5.41, 5.74) is 0. The molecule has 3 fully saturated rings. The first kappa shape index (κ1) is 19.6. The van der Waals surface area contributed by atoms with Crippen LogP contribution in [-0.2, 0) is 0 Å². The van der Waals surface area contributed by atoms with E-state index >= 15 is 0 Å². The quantitative estimate of drug-likeness (QED) is 0.730. The summed E-state index contributed by atoms with van der Waals surface area (Å²) in [6, 6.07) is 1.73. The molecule has 3 aliphatic heterocycles. The van der Waals surface area contributed by atoms with Crippen molar-refractivity contribution in [2.45, 2.75) is 64.5 Å². The first-order valence-electron chi connectivity index (χ1n) is 11.0. The second-order valence-corrected chi connectivity index (χ2v) is 9.22. The molecule has 0 bridgehead atoms. The van der Waals surface area contributed by atoms with Gasteiger partial charge >= 0.3 is 0 Å². The van der Waals surface area contributed by atoms with Gasteiger partial charge in [-0.1, -0.05) is 13.8 Å². The fourth-order valence-electron chi connectivity index (χ4n) is 5.03. The van der Waals surface area contributed by atoms with E-state index in [4.69, 9.17) is 0 Å². The predicted molar refractivity (Wildman–Crippen MR) is 107 cm³/mol. The van der Waals surface area contributed by atoms with Gasteiger partial charge in [-0.2, -0.15) is 0 Å². The maximum absolute atomic E-state index is 2.83. The molecule has 4 nitrogen and oxygen atoms in total. The van der Waals surface area contributed by atoms with Gasteiger partial charge in [-0.3, -0.25) is 4.90 Å². The van der Waals surface area contributed by atoms with E-state index in [0.717, 1.165) is 18.0 Å². The van der Waals surface area contributed by atoms with Crippen molar-refractivity contribution in [3.63, 3.8) is 0 Å². The van der Waals surface area contributed by atoms with Crippen LogP contribution in [0.15, 0.2) is 0 Å². The lowest BCUT2D eigenvalue weighted by molar-refractivity contribution is 0.0375. The van der Waals surface area contributed by atoms with E-state index in [1.54, 1.807) is 0 Å². The maximum Gasteiger partial charge on any atom is 0.0121 e. The molecule has 0 unspecified atom stereocenters. The summed E-state index contributed by atoms with van der Waals surface area (Å²) < 4.78 is 0. The van der Waals surface area contributed by atoms with Gasteiger partial charge in [-0.15, -0.1) is 0 Å². The molecule has 3 rings (SSSR count). The highest BCUT2D eigenvalue weighted by Crippen LogP contribution is 2.24. The van der Waals surface area contributed by atoms with Gasteiger partial charge in [0.15, 0.2) is 0 Å². The Morgan fingerprint density at radius 2 is 1.24 bits per heavy atom. The summed E-state index contributed by atoms with van der Waals surface area (Å²) in [7, 11) is 2.26. The number of hydrogen-bond acceptors (Lipinski definition) is 4. The Bertz CT molecular complexity index is 362. The lowest BCUT2D eigenvalue weighted by Crippen LogP contribution is -2.54. The smallest absolute Gasteiger partial charge is 0.0121 e. The van der Waals surface area contributed by atoms with E-state index in [0.29, 0.717) is 0 Å². The maximum atomic E-state index is 2.83. The summed E-state index contributed by atoms with van der Waals surface area (Å²) in [6.07, 6.45) is 8.39. The molecule has 0 N–H and O–H groups in total. The summed E-state index contributed by atoms with van der Waals surface area (Å²) in [4.78, 5) is 10.8. The number of likely N-dealkylation sites (N-methyl/N-ethyl adjacent to an activating group) is 1. The molecule has 0 amide bonds. The van der Waals surface area contributed by atoms with Crippen LogP contribution in [-0.4, -0.2) is 97.6 Å². The average Bonchev–Trinajstić information content (AvgIpc) is 2.63. The number of nitrogens with zero attached hydrogens (tertiary/aromatic N) is 4. The van der Waals surface area contributed by atoms with Crippen LogP contribution in [0.5, 0.6) is 0 Å². The van der Waals surface area contributed by atoms with Crippen LogP contribution in [0.25, 0.3) is 0 Å². The van der Waals surface area contributed by atoms with E-state index in [-0.39, 0.29) is 0 Å². The molecular weight excluding hydrogens is 308 g/mol. The Kier molecular flexibility index (Phi) is 7.59. The highest BCUT2D eigenvalue weighted by Gasteiger charge is 2.31. The molecule has 0 aromatic rings. The highest BCUT2D eigenvalue weighted by molar-refractivity contribution is 4.87. The molecule has 0 radical (unpaired) electrons. The highest BCUT2D eigenvalue weighted by atomic mass is 15.3. The molecule has 0 aromatic heterocycles. The van der Waals surface area contributed by atoms with Crippen LogP contribution in [0, 0.1) is 5.92 Å². The van der Waals surface area contributed by atoms with Crippen LogP contribution in [0.4, 0.5) is 0 Å². The zero-order valence-corrected chi connectivity index (χ0v) is 17.1. The minimum atomic E-state index is 0.860. The molecule has 0 aromatic carbocycles. The summed E-state index contributed by atoms with van der Waals surface area (Å²) in [6.45, 7) is 16.5. The van der Waals surface area contributed by atoms with Crippen LogP contribution in [0.3, 0.4) is 0 Å². The van der Waals surface area contributed by atoms with Crippen molar-refractivity contribution in [2.75, 3.05) is 66.0 Å². The lowest BCUT2D eigenvalue weighted by Gasteiger charge is -2.45. The number of piperidine rings is 2. The van der Waals surface area contributed by atoms with E-state index in [1.165, 1.54) is 97.4 Å². The molecule has 3 saturated heterocycles. The summed E-state index contributed by atoms with van der Waals surface area (Å²) in [5, 5.41) is 0. The molecule has 3 heterocycles. The van der Waals surface area contributed by atoms with Gasteiger partial charge in [0.1, 0.15) is 0 Å². The van der Waals surface area contributed by atoms with Gasteiger partial charge in [-0.05, 0) is 84.2 Å². The normalized spacial score (nSPS) is 27.4. The minimum Gasteiger partial charge on any atom is -0.304 e. The van der Waals surface area contributed by atoms with Crippen molar-refractivity contribution in [1.82, 2.24) is 19.6 Å². The molecule has 3 aliphatic rings. The van der Waals surface area contributed by atoms with E-state index < -0.39 is 0 Å². The predicted octanol–water partition coefficient (Wildman–Crippen LogP) is 2.60. The Labute approximate surface area is 156 Å². The largest absolute Gasteiger partial charge is 0.304 e. The Hall–Kier alpha value is -0.160. The van der Waals surface area contributed by atoms with E-state index in [1.807, 2.05) is 0 Å². The molecule has 0 spiro atoms. The zero-order valence-electron chi connectivity index (χ0n) is 17.1. The molecule has 0 atom stereocenters. The van der Waals surface area contributed by atoms with Crippen molar-refractivity contribution in [3.8, 4) is 0 Å². The van der Waals surface area contributed by atoms with Crippen molar-refractivity contribution in [2.24, 2.45) is 5.92 Å². The van der Waals surface area contributed by atoms with Gasteiger partial charge < -0.3 is 14.7 Å². The Balaban J connectivity index is 1.32. The molecule has 0 saturated carbocycles. The van der Waals surface area contributed by atoms with Crippen molar-refractivity contribution in [1.29, 1.82) is 0 Å². The third kappa shape index (κ3) is 5.92. The molecular formula is C21H42N4. The first-order chi connectivity index (χ1) is 12.1. The second kappa shape index (κ2) is 9.68. The van der Waals surface area contributed by atoms with Crippen LogP contribution < -0.4 is 0 Å². The number of rotatable bonds is 6. The molecule has 25 heavy (non-hydrogen) atoms. The molecule has 146 valence electrons. The molecule has 4 heteroatoms. The Morgan fingerprint density at radius 1 is 0.720 bits per heavy atom. The van der Waals surface area contributed by atoms with Gasteiger partial charge in [0.2, 0.25) is 0 Å². The average molecular weight is 351 g/mol. The van der Waals surface area contributed by atoms with Gasteiger partial charge in [0, 0.05) is 38.3 Å². The zero-order chi connectivity index (χ0) is 17.6. The lowest BCUT2D eigenvalue weighted by atomic mass is 9.96. The standard InChI is InChI=1S/C21H42N4/c1-19(2)5-4-10-23-11-6-20(7-12-23)24-13-8-21(9-14-24)25-17-15-22(3)16-18-25/h19-21H,4-18H2,1-3H3. The number of piperazine rings is 1. The third-order valence-electron chi connectivity index (χ3n) is 6.88. The summed E-state index contributed by atoms with van der Waals surface area (Å²) in [5.74, 6) is 0.860. The van der Waals surface area contributed by atoms with E-state index in [2.05, 4.69) is 40.5 Å². The van der Waals surface area contributed by atoms with Gasteiger partial charge in [0.05, 0.1) is 0 Å². The number of hydrogen-bond donors (Lipinski definition) is 0. The first-order valence-corrected chi connectivity index (χ1v) is 11.0. The number of likely N-dealkylation sites (tertiary alicyclic amines) is 2. The molecule has 0 aliphatic carbocycles. The van der Waals surface area contributed by atoms with Crippen molar-refractivity contribution >= 4 is 0 Å². The summed E-state index contributed by atoms with van der Waals surface area (Å²) >= 11 is 0. The van der Waals surface area contributed by atoms with E-state index in [9.17, 15) is 0 Å². The fourth-order valence-corrected chi connectivity index (χ4v) is 5.03. The van der Waals surface area contributed by atoms with Crippen LogP contribution >= 0.6 is 0 Å². The fraction of sp³-hybridized carbons (Fsp3) is 1.00. The van der Waals surface area contributed by atoms with Gasteiger partial charge in [0.25, 0.3) is 0 Å². The minimum absolute atomic E-state index is 0.860. The van der Waals surface area contributed by atoms with Gasteiger partial charge in [-0.25, -0.2) is 0 Å².